The van der Waals surface area contributed by atoms with Crippen molar-refractivity contribution in [2.24, 2.45) is 0 Å². The summed E-state index contributed by atoms with van der Waals surface area (Å²) < 4.78 is 6.74. The Labute approximate surface area is 304 Å². The van der Waals surface area contributed by atoms with Crippen molar-refractivity contribution in [2.75, 3.05) is 0 Å². The molecule has 0 aliphatic heterocycles. The number of hydrogen-bond donors (Lipinski definition) is 0. The number of para-hydroxylation sites is 1. The molecule has 0 radical (unpaired) electrons. The normalized spacial score (nSPS) is 19.6. The van der Waals surface area contributed by atoms with Crippen LogP contribution in [0.2, 0.25) is 0 Å². The molecule has 3 aliphatic carbocycles. The van der Waals surface area contributed by atoms with E-state index in [2.05, 4.69) is 172 Å². The molecule has 0 spiro atoms. The van der Waals surface area contributed by atoms with E-state index in [4.69, 9.17) is 4.42 Å². The molecule has 0 N–H and O–H groups in total. The van der Waals surface area contributed by atoms with Gasteiger partial charge in [0.1, 0.15) is 11.2 Å². The Balaban J connectivity index is 1.33. The summed E-state index contributed by atoms with van der Waals surface area (Å²) in [6.45, 7) is 4.81. The van der Waals surface area contributed by atoms with E-state index in [0.29, 0.717) is 0 Å². The van der Waals surface area contributed by atoms with Crippen LogP contribution in [0.5, 0.6) is 0 Å². The zero-order valence-electron chi connectivity index (χ0n) is 29.7. The molecule has 7 aromatic rings. The van der Waals surface area contributed by atoms with Gasteiger partial charge in [-0.3, -0.25) is 0 Å². The number of furan rings is 1. The first-order valence-corrected chi connectivity index (χ1v) is 18.7. The van der Waals surface area contributed by atoms with Crippen molar-refractivity contribution in [3.05, 3.63) is 196 Å². The fourth-order valence-corrected chi connectivity index (χ4v) is 9.10. The number of hydrogen-bond acceptors (Lipinski definition) is 1. The van der Waals surface area contributed by atoms with Crippen molar-refractivity contribution >= 4 is 49.4 Å². The van der Waals surface area contributed by atoms with Gasteiger partial charge in [0.15, 0.2) is 0 Å². The summed E-state index contributed by atoms with van der Waals surface area (Å²) >= 11 is 0. The van der Waals surface area contributed by atoms with E-state index in [1.807, 2.05) is 0 Å². The summed E-state index contributed by atoms with van der Waals surface area (Å²) in [6, 6.07) is 42.8. The summed E-state index contributed by atoms with van der Waals surface area (Å²) in [7, 11) is 0. The molecule has 0 fully saturated rings. The van der Waals surface area contributed by atoms with Gasteiger partial charge < -0.3 is 4.42 Å². The van der Waals surface area contributed by atoms with Crippen LogP contribution in [0.4, 0.5) is 0 Å². The topological polar surface area (TPSA) is 13.1 Å². The van der Waals surface area contributed by atoms with E-state index in [1.165, 1.54) is 71.5 Å². The van der Waals surface area contributed by atoms with Gasteiger partial charge >= 0.3 is 0 Å². The smallest absolute Gasteiger partial charge is 0.143 e. The highest BCUT2D eigenvalue weighted by Crippen LogP contribution is 2.54. The van der Waals surface area contributed by atoms with E-state index in [-0.39, 0.29) is 5.41 Å². The van der Waals surface area contributed by atoms with Crippen molar-refractivity contribution in [1.29, 1.82) is 0 Å². The number of fused-ring (bicyclic) bond motifs is 10. The first kappa shape index (κ1) is 30.9. The van der Waals surface area contributed by atoms with Crippen molar-refractivity contribution in [2.45, 2.75) is 44.9 Å². The fourth-order valence-electron chi connectivity index (χ4n) is 9.10. The molecule has 1 aromatic heterocycles. The Morgan fingerprint density at radius 3 is 2.06 bits per heavy atom. The van der Waals surface area contributed by atoms with Crippen LogP contribution in [0.3, 0.4) is 0 Å². The highest BCUT2D eigenvalue weighted by atomic mass is 16.3. The van der Waals surface area contributed by atoms with Crippen LogP contribution in [0.15, 0.2) is 162 Å². The van der Waals surface area contributed by atoms with Gasteiger partial charge in [0.05, 0.1) is 0 Å². The Morgan fingerprint density at radius 2 is 1.25 bits per heavy atom. The molecular formula is C51H40O. The van der Waals surface area contributed by atoms with Crippen LogP contribution in [-0.4, -0.2) is 0 Å². The molecule has 6 aromatic carbocycles. The highest BCUT2D eigenvalue weighted by molar-refractivity contribution is 6.19. The van der Waals surface area contributed by atoms with Crippen LogP contribution in [-0.2, 0) is 5.41 Å². The van der Waals surface area contributed by atoms with Gasteiger partial charge in [0, 0.05) is 21.6 Å². The number of allylic oxidation sites excluding steroid dienone is 8. The standard InChI is InChI=1S/C51H40O/c1-51(2)46-24-14-12-23-43(46)48-41-30-31-42-40-22-13-15-25-47(40)52-50(42)45(41)32-44(49(48)51)39-19-9-4-3-8-18-36(37-20-10-11-21-38(37)39)35-28-26-34(27-29-35)33-16-6-5-7-17-33/h5-6,8-16,18-32H,3-4,7,17H2,1-2H3/b18-8+,19-9+,37-36+,39-38+. The average Bonchev–Trinajstić information content (AvgIpc) is 3.69. The van der Waals surface area contributed by atoms with Gasteiger partial charge in [0.2, 0.25) is 0 Å². The van der Waals surface area contributed by atoms with Crippen LogP contribution in [0.25, 0.3) is 60.6 Å². The third-order valence-electron chi connectivity index (χ3n) is 11.6. The Bertz CT molecular complexity index is 2850. The van der Waals surface area contributed by atoms with Crippen LogP contribution < -0.4 is 10.4 Å². The molecule has 1 heteroatoms. The van der Waals surface area contributed by atoms with E-state index < -0.39 is 0 Å². The fraction of sp³-hybridized carbons (Fsp3) is 0.137. The first-order valence-electron chi connectivity index (χ1n) is 18.7. The van der Waals surface area contributed by atoms with Crippen molar-refractivity contribution < 1.29 is 4.42 Å². The maximum Gasteiger partial charge on any atom is 0.143 e. The minimum atomic E-state index is -0.200. The molecular weight excluding hydrogens is 629 g/mol. The Morgan fingerprint density at radius 1 is 0.558 bits per heavy atom. The molecule has 0 unspecified atom stereocenters. The lowest BCUT2D eigenvalue weighted by molar-refractivity contribution is 0.658. The molecule has 0 atom stereocenters. The molecule has 3 aliphatic rings. The highest BCUT2D eigenvalue weighted by Gasteiger charge is 2.39. The van der Waals surface area contributed by atoms with Crippen molar-refractivity contribution in [3.8, 4) is 11.1 Å². The van der Waals surface area contributed by atoms with E-state index in [9.17, 15) is 0 Å². The molecule has 10 rings (SSSR count). The Hall–Kier alpha value is -5.92. The zero-order chi connectivity index (χ0) is 34.8. The largest absolute Gasteiger partial charge is 0.455 e. The maximum absolute atomic E-state index is 6.74. The third kappa shape index (κ3) is 4.76. The van der Waals surface area contributed by atoms with Gasteiger partial charge in [0.25, 0.3) is 0 Å². The molecule has 0 saturated carbocycles. The van der Waals surface area contributed by atoms with Gasteiger partial charge in [-0.2, -0.15) is 0 Å². The monoisotopic (exact) mass is 668 g/mol. The summed E-state index contributed by atoms with van der Waals surface area (Å²) in [4.78, 5) is 0. The van der Waals surface area contributed by atoms with Crippen molar-refractivity contribution in [1.82, 2.24) is 0 Å². The van der Waals surface area contributed by atoms with Gasteiger partial charge in [-0.05, 0) is 115 Å². The van der Waals surface area contributed by atoms with Gasteiger partial charge in [-0.1, -0.05) is 153 Å². The van der Waals surface area contributed by atoms with Gasteiger partial charge in [-0.15, -0.1) is 0 Å². The van der Waals surface area contributed by atoms with E-state index in [1.54, 1.807) is 0 Å². The molecule has 1 nitrogen and oxygen atoms in total. The summed E-state index contributed by atoms with van der Waals surface area (Å²) in [5.74, 6) is 0. The second kappa shape index (κ2) is 12.1. The second-order valence-electron chi connectivity index (χ2n) is 15.0. The SMILES string of the molecule is CC1(C)c2ccccc2-c2c1c(C1=c3\cccc\c3=C(c3ccc(C4=CC=CCC4)cc3)\C=C\CC\C=C\1)cc1c2ccc2c3ccccc3oc12. The first-order chi connectivity index (χ1) is 25.6. The molecule has 0 saturated heterocycles. The number of rotatable bonds is 3. The maximum atomic E-state index is 6.74. The molecule has 52 heavy (non-hydrogen) atoms. The zero-order valence-corrected chi connectivity index (χ0v) is 29.7. The predicted octanol–water partition coefficient (Wildman–Crippen LogP) is 12.1. The van der Waals surface area contributed by atoms with Crippen LogP contribution in [0.1, 0.15) is 67.3 Å². The minimum Gasteiger partial charge on any atom is -0.455 e. The molecule has 0 amide bonds. The summed E-state index contributed by atoms with van der Waals surface area (Å²) in [5, 5.41) is 7.23. The number of benzene rings is 6. The molecule has 0 bridgehead atoms. The summed E-state index contributed by atoms with van der Waals surface area (Å²) in [5.41, 5.74) is 14.9. The Kier molecular flexibility index (Phi) is 7.18. The minimum absolute atomic E-state index is 0.200. The predicted molar refractivity (Wildman–Crippen MR) is 220 cm³/mol. The van der Waals surface area contributed by atoms with Crippen LogP contribution in [0, 0.1) is 0 Å². The van der Waals surface area contributed by atoms with Crippen LogP contribution >= 0.6 is 0 Å². The van der Waals surface area contributed by atoms with E-state index >= 15 is 0 Å². The van der Waals surface area contributed by atoms with Gasteiger partial charge in [-0.25, -0.2) is 0 Å². The quantitative estimate of drug-likeness (QED) is 0.183. The lowest BCUT2D eigenvalue weighted by atomic mass is 9.77. The third-order valence-corrected chi connectivity index (χ3v) is 11.6. The lowest BCUT2D eigenvalue weighted by Crippen LogP contribution is -2.30. The molecule has 1 heterocycles. The lowest BCUT2D eigenvalue weighted by Gasteiger charge is -2.26. The summed E-state index contributed by atoms with van der Waals surface area (Å²) in [6.07, 6.45) is 20.3. The van der Waals surface area contributed by atoms with E-state index in [0.717, 1.165) is 53.0 Å². The average molecular weight is 669 g/mol. The van der Waals surface area contributed by atoms with Crippen molar-refractivity contribution in [3.63, 3.8) is 0 Å². The molecule has 250 valence electrons. The second-order valence-corrected chi connectivity index (χ2v) is 15.0.